The maximum absolute atomic E-state index is 13.0. The summed E-state index contributed by atoms with van der Waals surface area (Å²) in [6, 6.07) is 3.51. The second kappa shape index (κ2) is 10.0. The van der Waals surface area contributed by atoms with Gasteiger partial charge >= 0.3 is 0 Å². The molecule has 4 heterocycles. The van der Waals surface area contributed by atoms with E-state index in [1.54, 1.807) is 29.0 Å². The van der Waals surface area contributed by atoms with Crippen molar-refractivity contribution in [2.24, 2.45) is 7.05 Å². The van der Waals surface area contributed by atoms with Gasteiger partial charge in [0.2, 0.25) is 0 Å². The Bertz CT molecular complexity index is 1210. The topological polar surface area (TPSA) is 89.6 Å². The standard InChI is InChI=1S/C23H28N4O4S2/c1-26-22(29)19-16-4-2-3-5-18(16)33-21(19)25-23(26)32-14-15-6-7-17(31-15)20(28)24-8-9-27-10-12-30-13-11-27/h6-7H,2-5,8-14H2,1H3,(H,24,28). The van der Waals surface area contributed by atoms with Gasteiger partial charge in [-0.05, 0) is 43.4 Å². The van der Waals surface area contributed by atoms with E-state index in [4.69, 9.17) is 14.1 Å². The molecule has 3 aromatic rings. The molecule has 3 aromatic heterocycles. The second-order valence-electron chi connectivity index (χ2n) is 8.41. The first kappa shape index (κ1) is 22.6. The van der Waals surface area contributed by atoms with E-state index in [2.05, 4.69) is 10.2 Å². The number of carbonyl (C=O) groups is 1. The molecule has 176 valence electrons. The van der Waals surface area contributed by atoms with Crippen LogP contribution in [0.2, 0.25) is 0 Å². The number of fused-ring (bicyclic) bond motifs is 3. The van der Waals surface area contributed by atoms with Crippen LogP contribution in [0.3, 0.4) is 0 Å². The Morgan fingerprint density at radius 1 is 1.24 bits per heavy atom. The van der Waals surface area contributed by atoms with Crippen LogP contribution in [-0.4, -0.2) is 59.8 Å². The molecule has 0 unspecified atom stereocenters. The molecule has 2 aliphatic rings. The van der Waals surface area contributed by atoms with Gasteiger partial charge < -0.3 is 14.5 Å². The van der Waals surface area contributed by atoms with Crippen LogP contribution in [0.1, 0.15) is 39.6 Å². The highest BCUT2D eigenvalue weighted by atomic mass is 32.2. The number of hydrogen-bond acceptors (Lipinski definition) is 8. The molecule has 1 fully saturated rings. The predicted molar refractivity (Wildman–Crippen MR) is 129 cm³/mol. The minimum atomic E-state index is -0.212. The van der Waals surface area contributed by atoms with Gasteiger partial charge in [0.25, 0.3) is 11.5 Å². The summed E-state index contributed by atoms with van der Waals surface area (Å²) in [6.45, 7) is 4.65. The second-order valence-corrected chi connectivity index (χ2v) is 10.4. The summed E-state index contributed by atoms with van der Waals surface area (Å²) in [5.74, 6) is 1.27. The zero-order chi connectivity index (χ0) is 22.8. The Labute approximate surface area is 200 Å². The molecule has 1 amide bonds. The molecule has 0 spiro atoms. The van der Waals surface area contributed by atoms with Crippen LogP contribution in [0, 0.1) is 0 Å². The van der Waals surface area contributed by atoms with E-state index >= 15 is 0 Å². The lowest BCUT2D eigenvalue weighted by atomic mass is 9.97. The molecular formula is C23H28N4O4S2. The van der Waals surface area contributed by atoms with Crippen molar-refractivity contribution < 1.29 is 13.9 Å². The number of aryl methyl sites for hydroxylation is 2. The monoisotopic (exact) mass is 488 g/mol. The van der Waals surface area contributed by atoms with Crippen molar-refractivity contribution in [2.45, 2.75) is 36.6 Å². The number of aromatic nitrogens is 2. The Balaban J connectivity index is 1.21. The van der Waals surface area contributed by atoms with E-state index in [0.29, 0.717) is 29.0 Å². The average Bonchev–Trinajstić information content (AvgIpc) is 3.46. The molecule has 8 nitrogen and oxygen atoms in total. The minimum absolute atomic E-state index is 0.0293. The van der Waals surface area contributed by atoms with Crippen molar-refractivity contribution in [3.8, 4) is 0 Å². The molecule has 5 rings (SSSR count). The first-order valence-corrected chi connectivity index (χ1v) is 13.2. The van der Waals surface area contributed by atoms with E-state index < -0.39 is 0 Å². The summed E-state index contributed by atoms with van der Waals surface area (Å²) in [4.78, 5) is 34.7. The lowest BCUT2D eigenvalue weighted by Crippen LogP contribution is -2.41. The third-order valence-electron chi connectivity index (χ3n) is 6.20. The number of hydrogen-bond donors (Lipinski definition) is 1. The minimum Gasteiger partial charge on any atom is -0.455 e. The summed E-state index contributed by atoms with van der Waals surface area (Å²) in [5, 5.41) is 4.38. The molecule has 1 aliphatic heterocycles. The number of morpholine rings is 1. The maximum atomic E-state index is 13.0. The smallest absolute Gasteiger partial charge is 0.287 e. The van der Waals surface area contributed by atoms with E-state index in [0.717, 1.165) is 62.3 Å². The van der Waals surface area contributed by atoms with Gasteiger partial charge in [-0.25, -0.2) is 4.98 Å². The molecule has 0 aromatic carbocycles. The van der Waals surface area contributed by atoms with E-state index in [1.165, 1.54) is 28.6 Å². The van der Waals surface area contributed by atoms with Gasteiger partial charge in [0.15, 0.2) is 10.9 Å². The summed E-state index contributed by atoms with van der Waals surface area (Å²) >= 11 is 3.11. The SMILES string of the molecule is Cn1c(SCc2ccc(C(=O)NCCN3CCOCC3)o2)nc2sc3c(c2c1=O)CCCC3. The van der Waals surface area contributed by atoms with E-state index in [-0.39, 0.29) is 11.5 Å². The van der Waals surface area contributed by atoms with Crippen molar-refractivity contribution in [1.29, 1.82) is 0 Å². The summed E-state index contributed by atoms with van der Waals surface area (Å²) in [5.41, 5.74) is 1.24. The highest BCUT2D eigenvalue weighted by Crippen LogP contribution is 2.34. The lowest BCUT2D eigenvalue weighted by molar-refractivity contribution is 0.0382. The third kappa shape index (κ3) is 4.89. The van der Waals surface area contributed by atoms with Gasteiger partial charge in [0, 0.05) is 38.1 Å². The molecule has 33 heavy (non-hydrogen) atoms. The fourth-order valence-electron chi connectivity index (χ4n) is 4.35. The highest BCUT2D eigenvalue weighted by molar-refractivity contribution is 7.98. The first-order chi connectivity index (χ1) is 16.1. The number of amides is 1. The van der Waals surface area contributed by atoms with Crippen LogP contribution >= 0.6 is 23.1 Å². The number of furan rings is 1. The van der Waals surface area contributed by atoms with E-state index in [9.17, 15) is 9.59 Å². The largest absolute Gasteiger partial charge is 0.455 e. The Kier molecular flexibility index (Phi) is 6.86. The Hall–Kier alpha value is -2.14. The molecule has 0 atom stereocenters. The summed E-state index contributed by atoms with van der Waals surface area (Å²) < 4.78 is 12.7. The molecule has 1 saturated heterocycles. The highest BCUT2D eigenvalue weighted by Gasteiger charge is 2.21. The molecule has 1 N–H and O–H groups in total. The van der Waals surface area contributed by atoms with Crippen molar-refractivity contribution in [3.05, 3.63) is 44.4 Å². The van der Waals surface area contributed by atoms with Crippen LogP contribution in [0.15, 0.2) is 26.5 Å². The average molecular weight is 489 g/mol. The molecule has 1 aliphatic carbocycles. The number of nitrogens with one attached hydrogen (secondary N) is 1. The zero-order valence-electron chi connectivity index (χ0n) is 18.7. The fourth-order valence-corrected chi connectivity index (χ4v) is 6.52. The molecular weight excluding hydrogens is 460 g/mol. The van der Waals surface area contributed by atoms with Crippen LogP contribution in [0.5, 0.6) is 0 Å². The van der Waals surface area contributed by atoms with Crippen molar-refractivity contribution in [3.63, 3.8) is 0 Å². The van der Waals surface area contributed by atoms with Crippen molar-refractivity contribution in [2.75, 3.05) is 39.4 Å². The quantitative estimate of drug-likeness (QED) is 0.404. The zero-order valence-corrected chi connectivity index (χ0v) is 20.4. The predicted octanol–water partition coefficient (Wildman–Crippen LogP) is 2.82. The van der Waals surface area contributed by atoms with Gasteiger partial charge in [0.1, 0.15) is 10.6 Å². The van der Waals surface area contributed by atoms with Crippen LogP contribution in [-0.2, 0) is 30.4 Å². The first-order valence-electron chi connectivity index (χ1n) is 11.4. The summed E-state index contributed by atoms with van der Waals surface area (Å²) in [6.07, 6.45) is 4.34. The molecule has 10 heteroatoms. The number of ether oxygens (including phenoxy) is 1. The van der Waals surface area contributed by atoms with Gasteiger partial charge in [0.05, 0.1) is 24.4 Å². The van der Waals surface area contributed by atoms with Gasteiger partial charge in [-0.15, -0.1) is 11.3 Å². The van der Waals surface area contributed by atoms with Crippen LogP contribution in [0.25, 0.3) is 10.2 Å². The number of thioether (sulfide) groups is 1. The van der Waals surface area contributed by atoms with Crippen molar-refractivity contribution >= 4 is 39.2 Å². The molecule has 0 bridgehead atoms. The van der Waals surface area contributed by atoms with Gasteiger partial charge in [-0.2, -0.15) is 0 Å². The van der Waals surface area contributed by atoms with Crippen LogP contribution < -0.4 is 10.9 Å². The molecule has 0 radical (unpaired) electrons. The fraction of sp³-hybridized carbons (Fsp3) is 0.522. The third-order valence-corrected chi connectivity index (χ3v) is 8.44. The van der Waals surface area contributed by atoms with Gasteiger partial charge in [-0.3, -0.25) is 19.1 Å². The summed E-state index contributed by atoms with van der Waals surface area (Å²) in [7, 11) is 1.78. The maximum Gasteiger partial charge on any atom is 0.287 e. The number of nitrogens with zero attached hydrogens (tertiary/aromatic N) is 3. The van der Waals surface area contributed by atoms with Crippen LogP contribution in [0.4, 0.5) is 0 Å². The van der Waals surface area contributed by atoms with E-state index in [1.807, 2.05) is 6.07 Å². The number of carbonyl (C=O) groups excluding carboxylic acids is 1. The number of thiophene rings is 1. The normalized spacial score (nSPS) is 16.8. The number of rotatable bonds is 7. The Morgan fingerprint density at radius 2 is 2.06 bits per heavy atom. The lowest BCUT2D eigenvalue weighted by Gasteiger charge is -2.26. The van der Waals surface area contributed by atoms with Gasteiger partial charge in [-0.1, -0.05) is 11.8 Å². The van der Waals surface area contributed by atoms with Crippen molar-refractivity contribution in [1.82, 2.24) is 19.8 Å². The molecule has 0 saturated carbocycles. The Morgan fingerprint density at radius 3 is 2.91 bits per heavy atom.